The van der Waals surface area contributed by atoms with Crippen LogP contribution in [-0.4, -0.2) is 14.7 Å². The summed E-state index contributed by atoms with van der Waals surface area (Å²) in [4.78, 5) is 0. The molecule has 0 saturated carbocycles. The fourth-order valence-corrected chi connectivity index (χ4v) is 1.69. The maximum atomic E-state index is 13.0. The summed E-state index contributed by atoms with van der Waals surface area (Å²) >= 11 is 1.81. The lowest BCUT2D eigenvalue weighted by atomic mass is 10.2. The van der Waals surface area contributed by atoms with Gasteiger partial charge in [-0.15, -0.1) is 0 Å². The van der Waals surface area contributed by atoms with Gasteiger partial charge in [-0.3, -0.25) is 4.18 Å². The van der Waals surface area contributed by atoms with E-state index >= 15 is 0 Å². The van der Waals surface area contributed by atoms with Gasteiger partial charge in [-0.25, -0.2) is 4.39 Å². The standard InChI is InChI=1S/C8H8FIO3S/c1-14(11,12)13-5-6-3-2-4-7(9)8(6)10/h2-4H,5H2,1H3. The summed E-state index contributed by atoms with van der Waals surface area (Å²) in [6.45, 7) is -0.130. The first-order chi connectivity index (χ1) is 6.40. The minimum atomic E-state index is -3.48. The van der Waals surface area contributed by atoms with E-state index in [1.54, 1.807) is 28.7 Å². The van der Waals surface area contributed by atoms with Gasteiger partial charge < -0.3 is 0 Å². The Kier molecular flexibility index (Phi) is 3.85. The lowest BCUT2D eigenvalue weighted by Gasteiger charge is -2.04. The molecule has 0 radical (unpaired) electrons. The van der Waals surface area contributed by atoms with Gasteiger partial charge in [0.25, 0.3) is 10.1 Å². The highest BCUT2D eigenvalue weighted by atomic mass is 127. The predicted octanol–water partition coefficient (Wildman–Crippen LogP) is 1.91. The second kappa shape index (κ2) is 4.54. The molecule has 0 aliphatic carbocycles. The summed E-state index contributed by atoms with van der Waals surface area (Å²) in [5.41, 5.74) is 0.524. The summed E-state index contributed by atoms with van der Waals surface area (Å²) in [7, 11) is -3.48. The van der Waals surface area contributed by atoms with Gasteiger partial charge in [0, 0.05) is 0 Å². The molecule has 0 spiro atoms. The summed E-state index contributed by atoms with van der Waals surface area (Å²) in [6, 6.07) is 4.44. The molecule has 0 N–H and O–H groups in total. The smallest absolute Gasteiger partial charge is 0.264 e. The molecular weight excluding hydrogens is 322 g/mol. The van der Waals surface area contributed by atoms with Crippen molar-refractivity contribution in [3.05, 3.63) is 33.1 Å². The fourth-order valence-electron chi connectivity index (χ4n) is 0.830. The van der Waals surface area contributed by atoms with Crippen molar-refractivity contribution in [2.75, 3.05) is 6.26 Å². The number of rotatable bonds is 3. The predicted molar refractivity (Wildman–Crippen MR) is 58.7 cm³/mol. The maximum Gasteiger partial charge on any atom is 0.264 e. The average molecular weight is 330 g/mol. The Morgan fingerprint density at radius 3 is 2.71 bits per heavy atom. The van der Waals surface area contributed by atoms with Crippen LogP contribution in [0.15, 0.2) is 18.2 Å². The Morgan fingerprint density at radius 2 is 2.14 bits per heavy atom. The van der Waals surface area contributed by atoms with Crippen molar-refractivity contribution in [3.8, 4) is 0 Å². The summed E-state index contributed by atoms with van der Waals surface area (Å²) in [6.07, 6.45) is 0.958. The first-order valence-electron chi connectivity index (χ1n) is 3.67. The lowest BCUT2D eigenvalue weighted by molar-refractivity contribution is 0.310. The third-order valence-electron chi connectivity index (χ3n) is 1.46. The van der Waals surface area contributed by atoms with Gasteiger partial charge in [-0.1, -0.05) is 12.1 Å². The molecule has 0 fully saturated rings. The summed E-state index contributed by atoms with van der Waals surface area (Å²) < 4.78 is 39.3. The molecule has 3 nitrogen and oxygen atoms in total. The maximum absolute atomic E-state index is 13.0. The monoisotopic (exact) mass is 330 g/mol. The molecule has 0 aliphatic rings. The van der Waals surface area contributed by atoms with Crippen LogP contribution in [0.25, 0.3) is 0 Å². The van der Waals surface area contributed by atoms with Crippen LogP contribution in [0.4, 0.5) is 4.39 Å². The van der Waals surface area contributed by atoms with Crippen molar-refractivity contribution in [1.29, 1.82) is 0 Å². The van der Waals surface area contributed by atoms with Crippen LogP contribution in [-0.2, 0) is 20.9 Å². The third-order valence-corrected chi connectivity index (χ3v) is 3.21. The average Bonchev–Trinajstić information content (AvgIpc) is 2.06. The Hall–Kier alpha value is -0.210. The number of hydrogen-bond acceptors (Lipinski definition) is 3. The Balaban J connectivity index is 2.83. The number of halogens is 2. The van der Waals surface area contributed by atoms with E-state index in [-0.39, 0.29) is 12.4 Å². The Bertz CT molecular complexity index is 430. The van der Waals surface area contributed by atoms with Crippen molar-refractivity contribution in [3.63, 3.8) is 0 Å². The molecule has 1 aromatic rings. The molecule has 6 heteroatoms. The van der Waals surface area contributed by atoms with Crippen LogP contribution in [0.3, 0.4) is 0 Å². The van der Waals surface area contributed by atoms with Crippen LogP contribution in [0.2, 0.25) is 0 Å². The highest BCUT2D eigenvalue weighted by molar-refractivity contribution is 14.1. The molecule has 0 atom stereocenters. The second-order valence-corrected chi connectivity index (χ2v) is 5.40. The topological polar surface area (TPSA) is 43.4 Å². The molecule has 0 aliphatic heterocycles. The van der Waals surface area contributed by atoms with Gasteiger partial charge in [-0.05, 0) is 34.2 Å². The molecule has 0 bridgehead atoms. The van der Waals surface area contributed by atoms with Gasteiger partial charge in [0.2, 0.25) is 0 Å². The molecule has 1 rings (SSSR count). The molecule has 14 heavy (non-hydrogen) atoms. The minimum Gasteiger partial charge on any atom is -0.265 e. The highest BCUT2D eigenvalue weighted by Gasteiger charge is 2.08. The van der Waals surface area contributed by atoms with Gasteiger partial charge in [0.05, 0.1) is 16.4 Å². The van der Waals surface area contributed by atoms with Crippen molar-refractivity contribution in [2.24, 2.45) is 0 Å². The Morgan fingerprint density at radius 1 is 1.50 bits per heavy atom. The van der Waals surface area contributed by atoms with Crippen LogP contribution in [0, 0.1) is 9.39 Å². The Labute approximate surface area is 95.5 Å². The van der Waals surface area contributed by atoms with Crippen LogP contribution >= 0.6 is 22.6 Å². The van der Waals surface area contributed by atoms with E-state index in [0.29, 0.717) is 9.13 Å². The zero-order valence-corrected chi connectivity index (χ0v) is 10.3. The minimum absolute atomic E-state index is 0.130. The second-order valence-electron chi connectivity index (χ2n) is 2.68. The van der Waals surface area contributed by atoms with Gasteiger partial charge in [0.1, 0.15) is 5.82 Å². The molecule has 0 unspecified atom stereocenters. The number of hydrogen-bond donors (Lipinski definition) is 0. The van der Waals surface area contributed by atoms with Crippen LogP contribution in [0.5, 0.6) is 0 Å². The fraction of sp³-hybridized carbons (Fsp3) is 0.250. The van der Waals surface area contributed by atoms with Crippen molar-refractivity contribution >= 4 is 32.7 Å². The van der Waals surface area contributed by atoms with Gasteiger partial charge in [0.15, 0.2) is 0 Å². The van der Waals surface area contributed by atoms with E-state index in [0.717, 1.165) is 6.26 Å². The van der Waals surface area contributed by atoms with E-state index < -0.39 is 10.1 Å². The molecule has 0 aromatic heterocycles. The summed E-state index contributed by atoms with van der Waals surface area (Å²) in [5.74, 6) is -0.375. The van der Waals surface area contributed by atoms with E-state index in [1.165, 1.54) is 12.1 Å². The lowest BCUT2D eigenvalue weighted by Crippen LogP contribution is -2.04. The zero-order chi connectivity index (χ0) is 10.8. The summed E-state index contributed by atoms with van der Waals surface area (Å²) in [5, 5.41) is 0. The van der Waals surface area contributed by atoms with Crippen LogP contribution < -0.4 is 0 Å². The van der Waals surface area contributed by atoms with Gasteiger partial charge >= 0.3 is 0 Å². The van der Waals surface area contributed by atoms with E-state index in [1.807, 2.05) is 0 Å². The molecule has 0 heterocycles. The molecule has 78 valence electrons. The highest BCUT2D eigenvalue weighted by Crippen LogP contribution is 2.17. The quantitative estimate of drug-likeness (QED) is 0.628. The SMILES string of the molecule is CS(=O)(=O)OCc1cccc(F)c1I. The zero-order valence-electron chi connectivity index (χ0n) is 7.33. The largest absolute Gasteiger partial charge is 0.265 e. The third kappa shape index (κ3) is 3.50. The van der Waals surface area contributed by atoms with Crippen LogP contribution in [0.1, 0.15) is 5.56 Å². The van der Waals surface area contributed by atoms with Crippen molar-refractivity contribution < 1.29 is 17.0 Å². The first-order valence-corrected chi connectivity index (χ1v) is 6.57. The molecule has 0 saturated heterocycles. The van der Waals surface area contributed by atoms with E-state index in [9.17, 15) is 12.8 Å². The van der Waals surface area contributed by atoms with Crippen molar-refractivity contribution in [2.45, 2.75) is 6.61 Å². The van der Waals surface area contributed by atoms with E-state index in [2.05, 4.69) is 4.18 Å². The molecule has 1 aromatic carbocycles. The van der Waals surface area contributed by atoms with Crippen molar-refractivity contribution in [1.82, 2.24) is 0 Å². The first kappa shape index (κ1) is 11.9. The van der Waals surface area contributed by atoms with E-state index in [4.69, 9.17) is 0 Å². The van der Waals surface area contributed by atoms with Gasteiger partial charge in [-0.2, -0.15) is 8.42 Å². The molecular formula is C8H8FIO3S. The molecule has 0 amide bonds. The number of benzene rings is 1. The normalized spacial score (nSPS) is 11.6.